The molecule has 0 radical (unpaired) electrons. The number of nitrogens with two attached hydrogens (primary N) is 1. The van der Waals surface area contributed by atoms with Gasteiger partial charge in [0.2, 0.25) is 17.7 Å². The zero-order valence-corrected chi connectivity index (χ0v) is 25.4. The Hall–Kier alpha value is -5.69. The van der Waals surface area contributed by atoms with Gasteiger partial charge in [0, 0.05) is 36.4 Å². The van der Waals surface area contributed by atoms with E-state index in [1.54, 1.807) is 48.7 Å². The summed E-state index contributed by atoms with van der Waals surface area (Å²) in [7, 11) is 0. The lowest BCUT2D eigenvalue weighted by atomic mass is 10.0. The van der Waals surface area contributed by atoms with Gasteiger partial charge in [-0.25, -0.2) is 4.79 Å². The molecule has 0 saturated heterocycles. The summed E-state index contributed by atoms with van der Waals surface area (Å²) in [6.07, 6.45) is 0.926. The first-order valence-corrected chi connectivity index (χ1v) is 15.0. The molecule has 0 bridgehead atoms. The summed E-state index contributed by atoms with van der Waals surface area (Å²) < 4.78 is 0. The highest BCUT2D eigenvalue weighted by Gasteiger charge is 2.31. The molecule has 246 valence electrons. The largest absolute Gasteiger partial charge is 0.508 e. The highest BCUT2D eigenvalue weighted by molar-refractivity contribution is 5.95. The van der Waals surface area contributed by atoms with Crippen LogP contribution >= 0.6 is 0 Å². The number of H-pyrrole nitrogens is 1. The van der Waals surface area contributed by atoms with Gasteiger partial charge in [-0.3, -0.25) is 19.2 Å². The van der Waals surface area contributed by atoms with Crippen LogP contribution in [0.2, 0.25) is 0 Å². The lowest BCUT2D eigenvalue weighted by molar-refractivity contribution is -0.143. The Bertz CT molecular complexity index is 1710. The molecule has 9 N–H and O–H groups in total. The van der Waals surface area contributed by atoms with Crippen LogP contribution < -0.4 is 21.7 Å². The minimum atomic E-state index is -1.43. The van der Waals surface area contributed by atoms with Crippen LogP contribution in [0.3, 0.4) is 0 Å². The Morgan fingerprint density at radius 2 is 1.28 bits per heavy atom. The molecule has 4 aromatic rings. The van der Waals surface area contributed by atoms with Gasteiger partial charge in [0.1, 0.15) is 23.9 Å². The number of rotatable bonds is 16. The number of phenols is 1. The summed E-state index contributed by atoms with van der Waals surface area (Å²) in [6, 6.07) is 17.0. The van der Waals surface area contributed by atoms with E-state index >= 15 is 0 Å². The summed E-state index contributed by atoms with van der Waals surface area (Å²) in [5.41, 5.74) is 8.99. The molecule has 0 aliphatic rings. The predicted octanol–water partition coefficient (Wildman–Crippen LogP) is 1.63. The molecule has 1 aromatic heterocycles. The number of aromatic amines is 1. The first kappa shape index (κ1) is 34.2. The number of hydrogen-bond donors (Lipinski definition) is 8. The number of carboxylic acid groups (broad SMARTS) is 2. The zero-order valence-electron chi connectivity index (χ0n) is 25.4. The fourth-order valence-electron chi connectivity index (χ4n) is 5.12. The van der Waals surface area contributed by atoms with Crippen LogP contribution in [0.1, 0.15) is 29.5 Å². The van der Waals surface area contributed by atoms with Crippen molar-refractivity contribution in [3.8, 4) is 5.75 Å². The number of phenolic OH excluding ortho intramolecular Hbond substituents is 1. The molecule has 0 aliphatic carbocycles. The van der Waals surface area contributed by atoms with Crippen molar-refractivity contribution in [2.45, 2.75) is 56.3 Å². The number of carbonyl (C=O) groups is 5. The third kappa shape index (κ3) is 9.90. The zero-order chi connectivity index (χ0) is 33.9. The van der Waals surface area contributed by atoms with Gasteiger partial charge in [-0.2, -0.15) is 0 Å². The van der Waals surface area contributed by atoms with Crippen LogP contribution in [0.4, 0.5) is 0 Å². The van der Waals surface area contributed by atoms with E-state index < -0.39 is 60.2 Å². The van der Waals surface area contributed by atoms with Crippen molar-refractivity contribution >= 4 is 40.6 Å². The van der Waals surface area contributed by atoms with E-state index in [-0.39, 0.29) is 31.4 Å². The first-order chi connectivity index (χ1) is 22.5. The van der Waals surface area contributed by atoms with E-state index in [1.807, 2.05) is 24.3 Å². The van der Waals surface area contributed by atoms with Crippen molar-refractivity contribution in [2.24, 2.45) is 5.73 Å². The molecule has 4 atom stereocenters. The average molecular weight is 644 g/mol. The number of nitrogens with one attached hydrogen (secondary N) is 4. The Balaban J connectivity index is 1.54. The molecular formula is C34H37N5O8. The topological polar surface area (TPSA) is 224 Å². The van der Waals surface area contributed by atoms with Crippen molar-refractivity contribution in [1.29, 1.82) is 0 Å². The maximum absolute atomic E-state index is 13.8. The van der Waals surface area contributed by atoms with E-state index in [9.17, 15) is 39.3 Å². The molecule has 0 aliphatic heterocycles. The number of benzene rings is 3. The van der Waals surface area contributed by atoms with Crippen LogP contribution in [0.15, 0.2) is 85.1 Å². The monoisotopic (exact) mass is 643 g/mol. The number of carbonyl (C=O) groups excluding carboxylic acids is 3. The lowest BCUT2D eigenvalue weighted by Crippen LogP contribution is -2.58. The fourth-order valence-corrected chi connectivity index (χ4v) is 5.12. The molecule has 13 heteroatoms. The van der Waals surface area contributed by atoms with Gasteiger partial charge in [-0.15, -0.1) is 0 Å². The number of aromatic hydroxyl groups is 1. The second kappa shape index (κ2) is 16.0. The van der Waals surface area contributed by atoms with E-state index in [2.05, 4.69) is 20.9 Å². The lowest BCUT2D eigenvalue weighted by Gasteiger charge is -2.25. The van der Waals surface area contributed by atoms with Crippen LogP contribution in [-0.4, -0.2) is 74.1 Å². The molecule has 3 aromatic carbocycles. The van der Waals surface area contributed by atoms with Gasteiger partial charge in [-0.1, -0.05) is 60.7 Å². The van der Waals surface area contributed by atoms with E-state index in [0.29, 0.717) is 16.7 Å². The van der Waals surface area contributed by atoms with E-state index in [4.69, 9.17) is 5.73 Å². The maximum atomic E-state index is 13.8. The summed E-state index contributed by atoms with van der Waals surface area (Å²) >= 11 is 0. The Kier molecular flexibility index (Phi) is 11.7. The van der Waals surface area contributed by atoms with E-state index in [0.717, 1.165) is 10.9 Å². The number of carboxylic acids is 2. The summed E-state index contributed by atoms with van der Waals surface area (Å²) in [4.78, 5) is 66.9. The standard InChI is InChI=1S/C34H37N5O8/c35-25(16-21-10-12-23(40)13-11-21)31(43)38-28(18-22-19-36-26-9-5-4-8-24(22)26)33(45)37-27(14-15-30(41)42)32(44)39-29(34(46)47)17-20-6-2-1-3-7-20/h1-13,19,25,27-29,36,40H,14-18,35H2,(H,37,45)(H,38,43)(H,39,44)(H,41,42)(H,46,47). The number of hydrogen-bond acceptors (Lipinski definition) is 7. The minimum Gasteiger partial charge on any atom is -0.508 e. The normalized spacial score (nSPS) is 13.6. The third-order valence-corrected chi connectivity index (χ3v) is 7.64. The SMILES string of the molecule is NC(Cc1ccc(O)cc1)C(=O)NC(Cc1c[nH]c2ccccc12)C(=O)NC(CCC(=O)O)C(=O)NC(Cc1ccccc1)C(=O)O. The van der Waals surface area contributed by atoms with Crippen molar-refractivity contribution < 1.29 is 39.3 Å². The molecule has 4 unspecified atom stereocenters. The number of fused-ring (bicyclic) bond motifs is 1. The van der Waals surface area contributed by atoms with Gasteiger partial charge in [-0.05, 0) is 47.7 Å². The Morgan fingerprint density at radius 1 is 0.681 bits per heavy atom. The van der Waals surface area contributed by atoms with Crippen LogP contribution in [0.5, 0.6) is 5.75 Å². The van der Waals surface area contributed by atoms with Crippen molar-refractivity contribution in [2.75, 3.05) is 0 Å². The second-order valence-electron chi connectivity index (χ2n) is 11.2. The third-order valence-electron chi connectivity index (χ3n) is 7.64. The maximum Gasteiger partial charge on any atom is 0.326 e. The first-order valence-electron chi connectivity index (χ1n) is 15.0. The molecule has 13 nitrogen and oxygen atoms in total. The highest BCUT2D eigenvalue weighted by atomic mass is 16.4. The molecule has 4 rings (SSSR count). The highest BCUT2D eigenvalue weighted by Crippen LogP contribution is 2.20. The van der Waals surface area contributed by atoms with Gasteiger partial charge >= 0.3 is 11.9 Å². The molecule has 0 fully saturated rings. The van der Waals surface area contributed by atoms with Crippen LogP contribution in [-0.2, 0) is 43.2 Å². The molecular weight excluding hydrogens is 606 g/mol. The molecule has 0 saturated carbocycles. The van der Waals surface area contributed by atoms with Crippen molar-refractivity contribution in [1.82, 2.24) is 20.9 Å². The number of aromatic nitrogens is 1. The predicted molar refractivity (Wildman–Crippen MR) is 172 cm³/mol. The molecule has 1 heterocycles. The fraction of sp³-hybridized carbons (Fsp3) is 0.265. The molecule has 47 heavy (non-hydrogen) atoms. The second-order valence-corrected chi connectivity index (χ2v) is 11.2. The number of para-hydroxylation sites is 1. The number of amides is 3. The van der Waals surface area contributed by atoms with Gasteiger partial charge < -0.3 is 42.0 Å². The van der Waals surface area contributed by atoms with Gasteiger partial charge in [0.15, 0.2) is 0 Å². The van der Waals surface area contributed by atoms with E-state index in [1.165, 1.54) is 12.1 Å². The Morgan fingerprint density at radius 3 is 1.96 bits per heavy atom. The summed E-state index contributed by atoms with van der Waals surface area (Å²) in [5, 5.41) is 37.1. The quantitative estimate of drug-likeness (QED) is 0.0887. The van der Waals surface area contributed by atoms with Crippen molar-refractivity contribution in [3.05, 3.63) is 102 Å². The average Bonchev–Trinajstić information content (AvgIpc) is 3.46. The summed E-state index contributed by atoms with van der Waals surface area (Å²) in [6.45, 7) is 0. The minimum absolute atomic E-state index is 0.00740. The van der Waals surface area contributed by atoms with Gasteiger partial charge in [0.05, 0.1) is 6.04 Å². The smallest absolute Gasteiger partial charge is 0.326 e. The van der Waals surface area contributed by atoms with Crippen LogP contribution in [0.25, 0.3) is 10.9 Å². The molecule has 3 amide bonds. The van der Waals surface area contributed by atoms with Gasteiger partial charge in [0.25, 0.3) is 0 Å². The van der Waals surface area contributed by atoms with Crippen LogP contribution in [0, 0.1) is 0 Å². The summed E-state index contributed by atoms with van der Waals surface area (Å²) in [5.74, 6) is -4.81. The van der Waals surface area contributed by atoms with Crippen molar-refractivity contribution in [3.63, 3.8) is 0 Å². The Labute approximate surface area is 270 Å². The molecule has 0 spiro atoms. The number of aliphatic carboxylic acids is 2.